The molecule has 0 aliphatic heterocycles. The van der Waals surface area contributed by atoms with Crippen LogP contribution < -0.4 is 0 Å². The molecular weight excluding hydrogens is 633 g/mol. The SMILES string of the molecule is c1ccc(-c2cccc(-n3c4ccccc4c4cc(-c5ccc6ccc7c(c6c5)c5ccccc5n7-c5ncc6ccccc6n5)ccc43)c2)cc1. The quantitative estimate of drug-likeness (QED) is 0.188. The summed E-state index contributed by atoms with van der Waals surface area (Å²) in [5, 5.41) is 8.33. The van der Waals surface area contributed by atoms with Crippen molar-refractivity contribution in [3.05, 3.63) is 182 Å². The van der Waals surface area contributed by atoms with E-state index in [0.717, 1.165) is 27.6 Å². The predicted molar refractivity (Wildman–Crippen MR) is 217 cm³/mol. The van der Waals surface area contributed by atoms with Gasteiger partial charge in [-0.25, -0.2) is 9.97 Å². The zero-order valence-electron chi connectivity index (χ0n) is 28.1. The fraction of sp³-hybridized carbons (Fsp3) is 0. The summed E-state index contributed by atoms with van der Waals surface area (Å²) in [7, 11) is 0. The summed E-state index contributed by atoms with van der Waals surface area (Å²) in [4.78, 5) is 9.85. The average Bonchev–Trinajstić information content (AvgIpc) is 3.74. The van der Waals surface area contributed by atoms with Gasteiger partial charge in [-0.05, 0) is 87.6 Å². The van der Waals surface area contributed by atoms with Crippen LogP contribution in [0.15, 0.2) is 182 Å². The molecule has 0 radical (unpaired) electrons. The smallest absolute Gasteiger partial charge is 0.235 e. The Bertz CT molecular complexity index is 3190. The maximum absolute atomic E-state index is 5.01. The van der Waals surface area contributed by atoms with Gasteiger partial charge in [0.25, 0.3) is 0 Å². The minimum Gasteiger partial charge on any atom is -0.309 e. The van der Waals surface area contributed by atoms with Gasteiger partial charge >= 0.3 is 0 Å². The molecule has 0 saturated heterocycles. The number of rotatable bonds is 4. The molecule has 0 saturated carbocycles. The molecule has 11 rings (SSSR count). The van der Waals surface area contributed by atoms with Crippen molar-refractivity contribution < 1.29 is 0 Å². The van der Waals surface area contributed by atoms with Gasteiger partial charge in [-0.3, -0.25) is 4.57 Å². The van der Waals surface area contributed by atoms with Crippen LogP contribution in [0.2, 0.25) is 0 Å². The third-order valence-corrected chi connectivity index (χ3v) is 10.5. The Morgan fingerprint density at radius 1 is 0.365 bits per heavy atom. The standard InChI is InChI=1S/C48H30N4/c1-2-11-31(12-3-1)33-14-10-15-37(27-33)51-43-19-8-5-16-38(43)41-29-35(24-25-45(41)51)34-22-21-32-23-26-46-47(40(32)28-34)39-17-6-9-20-44(39)52(46)48-49-30-36-13-4-7-18-42(36)50-48/h1-30H. The van der Waals surface area contributed by atoms with E-state index in [0.29, 0.717) is 5.95 Å². The van der Waals surface area contributed by atoms with Crippen molar-refractivity contribution in [3.63, 3.8) is 0 Å². The van der Waals surface area contributed by atoms with Crippen LogP contribution in [0.4, 0.5) is 0 Å². The molecule has 0 amide bonds. The van der Waals surface area contributed by atoms with Crippen LogP contribution >= 0.6 is 0 Å². The second-order valence-electron chi connectivity index (χ2n) is 13.5. The van der Waals surface area contributed by atoms with Gasteiger partial charge < -0.3 is 4.57 Å². The average molecular weight is 663 g/mol. The van der Waals surface area contributed by atoms with Crippen LogP contribution in [0.3, 0.4) is 0 Å². The monoisotopic (exact) mass is 662 g/mol. The maximum Gasteiger partial charge on any atom is 0.235 e. The molecule has 0 fully saturated rings. The molecule has 4 nitrogen and oxygen atoms in total. The molecule has 0 N–H and O–H groups in total. The van der Waals surface area contributed by atoms with E-state index < -0.39 is 0 Å². The van der Waals surface area contributed by atoms with E-state index >= 15 is 0 Å². The van der Waals surface area contributed by atoms with E-state index in [1.165, 1.54) is 65.6 Å². The van der Waals surface area contributed by atoms with Crippen molar-refractivity contribution in [1.82, 2.24) is 19.1 Å². The van der Waals surface area contributed by atoms with Gasteiger partial charge in [0.15, 0.2) is 0 Å². The highest BCUT2D eigenvalue weighted by Crippen LogP contribution is 2.40. The molecule has 242 valence electrons. The largest absolute Gasteiger partial charge is 0.309 e. The molecule has 3 heterocycles. The Balaban J connectivity index is 1.10. The normalized spacial score (nSPS) is 11.8. The summed E-state index contributed by atoms with van der Waals surface area (Å²) in [6.45, 7) is 0. The Morgan fingerprint density at radius 3 is 1.88 bits per heavy atom. The van der Waals surface area contributed by atoms with Crippen molar-refractivity contribution >= 4 is 65.3 Å². The lowest BCUT2D eigenvalue weighted by Gasteiger charge is -2.11. The molecule has 0 bridgehead atoms. The van der Waals surface area contributed by atoms with Gasteiger partial charge in [0.05, 0.1) is 27.6 Å². The number of aromatic nitrogens is 4. The number of para-hydroxylation sites is 3. The topological polar surface area (TPSA) is 35.6 Å². The number of hydrogen-bond acceptors (Lipinski definition) is 2. The molecule has 52 heavy (non-hydrogen) atoms. The molecule has 0 aliphatic rings. The Hall–Kier alpha value is -7.04. The van der Waals surface area contributed by atoms with Crippen molar-refractivity contribution in [2.24, 2.45) is 0 Å². The number of nitrogens with zero attached hydrogens (tertiary/aromatic N) is 4. The third kappa shape index (κ3) is 4.34. The molecule has 0 unspecified atom stereocenters. The van der Waals surface area contributed by atoms with Crippen LogP contribution in [0, 0.1) is 0 Å². The molecule has 8 aromatic carbocycles. The first-order chi connectivity index (χ1) is 25.8. The first kappa shape index (κ1) is 28.8. The molecule has 0 atom stereocenters. The minimum atomic E-state index is 0.677. The van der Waals surface area contributed by atoms with Crippen LogP contribution in [0.5, 0.6) is 0 Å². The Morgan fingerprint density at radius 2 is 1.00 bits per heavy atom. The maximum atomic E-state index is 5.01. The van der Waals surface area contributed by atoms with E-state index in [2.05, 4.69) is 167 Å². The van der Waals surface area contributed by atoms with E-state index in [1.54, 1.807) is 0 Å². The predicted octanol–water partition coefficient (Wildman–Crippen LogP) is 12.3. The third-order valence-electron chi connectivity index (χ3n) is 10.5. The van der Waals surface area contributed by atoms with Crippen molar-refractivity contribution in [2.45, 2.75) is 0 Å². The van der Waals surface area contributed by atoms with Crippen molar-refractivity contribution in [2.75, 3.05) is 0 Å². The number of hydrogen-bond donors (Lipinski definition) is 0. The lowest BCUT2D eigenvalue weighted by atomic mass is 9.97. The zero-order valence-corrected chi connectivity index (χ0v) is 28.1. The zero-order chi connectivity index (χ0) is 34.2. The van der Waals surface area contributed by atoms with Gasteiger partial charge in [-0.15, -0.1) is 0 Å². The first-order valence-electron chi connectivity index (χ1n) is 17.7. The lowest BCUT2D eigenvalue weighted by Crippen LogP contribution is -2.00. The van der Waals surface area contributed by atoms with Crippen LogP contribution in [-0.4, -0.2) is 19.1 Å². The van der Waals surface area contributed by atoms with E-state index in [1.807, 2.05) is 24.4 Å². The highest BCUT2D eigenvalue weighted by Gasteiger charge is 2.18. The van der Waals surface area contributed by atoms with E-state index in [4.69, 9.17) is 9.97 Å². The van der Waals surface area contributed by atoms with E-state index in [9.17, 15) is 0 Å². The second-order valence-corrected chi connectivity index (χ2v) is 13.5. The molecule has 11 aromatic rings. The van der Waals surface area contributed by atoms with Crippen molar-refractivity contribution in [3.8, 4) is 33.9 Å². The van der Waals surface area contributed by atoms with Gasteiger partial charge in [-0.2, -0.15) is 0 Å². The second kappa shape index (κ2) is 11.2. The van der Waals surface area contributed by atoms with Crippen molar-refractivity contribution in [1.29, 1.82) is 0 Å². The first-order valence-corrected chi connectivity index (χ1v) is 17.7. The summed E-state index contributed by atoms with van der Waals surface area (Å²) in [5.41, 5.74) is 11.5. The van der Waals surface area contributed by atoms with Gasteiger partial charge in [0, 0.05) is 38.8 Å². The summed E-state index contributed by atoms with van der Waals surface area (Å²) in [5.74, 6) is 0.677. The molecular formula is C48H30N4. The van der Waals surface area contributed by atoms with E-state index in [-0.39, 0.29) is 0 Å². The summed E-state index contributed by atoms with van der Waals surface area (Å²) in [6.07, 6.45) is 1.92. The van der Waals surface area contributed by atoms with Crippen LogP contribution in [-0.2, 0) is 0 Å². The highest BCUT2D eigenvalue weighted by molar-refractivity contribution is 6.22. The summed E-state index contributed by atoms with van der Waals surface area (Å²) >= 11 is 0. The lowest BCUT2D eigenvalue weighted by molar-refractivity contribution is 1.01. The fourth-order valence-electron chi connectivity index (χ4n) is 8.14. The minimum absolute atomic E-state index is 0.677. The Labute approximate surface area is 299 Å². The molecule has 0 spiro atoms. The molecule has 4 heteroatoms. The number of fused-ring (bicyclic) bond motifs is 9. The Kier molecular flexibility index (Phi) is 6.22. The fourth-order valence-corrected chi connectivity index (χ4v) is 8.14. The number of benzene rings is 8. The molecule has 3 aromatic heterocycles. The van der Waals surface area contributed by atoms with Gasteiger partial charge in [-0.1, -0.05) is 121 Å². The van der Waals surface area contributed by atoms with Gasteiger partial charge in [0.1, 0.15) is 0 Å². The summed E-state index contributed by atoms with van der Waals surface area (Å²) in [6, 6.07) is 63.2. The summed E-state index contributed by atoms with van der Waals surface area (Å²) < 4.78 is 4.60. The molecule has 0 aliphatic carbocycles. The van der Waals surface area contributed by atoms with Crippen LogP contribution in [0.25, 0.3) is 99.2 Å². The van der Waals surface area contributed by atoms with Gasteiger partial charge in [0.2, 0.25) is 5.95 Å². The van der Waals surface area contributed by atoms with Crippen LogP contribution in [0.1, 0.15) is 0 Å². The highest BCUT2D eigenvalue weighted by atomic mass is 15.2.